The summed E-state index contributed by atoms with van der Waals surface area (Å²) in [6, 6.07) is 4.30. The molecule has 0 aliphatic carbocycles. The van der Waals surface area contributed by atoms with E-state index in [1.54, 1.807) is 11.3 Å². The molecule has 0 saturated carbocycles. The van der Waals surface area contributed by atoms with Crippen molar-refractivity contribution in [2.24, 2.45) is 0 Å². The minimum Gasteiger partial charge on any atom is -0.319 e. The Labute approximate surface area is 104 Å². The molecule has 0 aromatic carbocycles. The quantitative estimate of drug-likeness (QED) is 0.901. The van der Waals surface area contributed by atoms with Crippen molar-refractivity contribution < 1.29 is 0 Å². The smallest absolute Gasteiger partial charge is 0.0973 e. The molecular weight excluding hydrogens is 236 g/mol. The molecule has 2 rings (SSSR count). The van der Waals surface area contributed by atoms with E-state index in [4.69, 9.17) is 4.98 Å². The third-order valence-corrected chi connectivity index (χ3v) is 4.55. The van der Waals surface area contributed by atoms with Crippen LogP contribution in [0.2, 0.25) is 0 Å². The van der Waals surface area contributed by atoms with E-state index >= 15 is 0 Å². The van der Waals surface area contributed by atoms with E-state index in [0.717, 1.165) is 12.2 Å². The van der Waals surface area contributed by atoms with Crippen LogP contribution in [-0.2, 0) is 0 Å². The summed E-state index contributed by atoms with van der Waals surface area (Å²) in [5.74, 6) is 0.491. The molecule has 0 aliphatic rings. The highest BCUT2D eigenvalue weighted by Gasteiger charge is 2.11. The molecule has 0 fully saturated rings. The van der Waals surface area contributed by atoms with Gasteiger partial charge in [0.05, 0.1) is 15.6 Å². The molecule has 0 radical (unpaired) electrons. The Morgan fingerprint density at radius 3 is 2.88 bits per heavy atom. The van der Waals surface area contributed by atoms with E-state index in [2.05, 4.69) is 36.7 Å². The molecule has 0 aliphatic heterocycles. The number of nitrogens with one attached hydrogen (secondary N) is 1. The first kappa shape index (κ1) is 11.8. The van der Waals surface area contributed by atoms with Crippen molar-refractivity contribution in [3.05, 3.63) is 27.4 Å². The van der Waals surface area contributed by atoms with Gasteiger partial charge in [0.25, 0.3) is 0 Å². The second-order valence-electron chi connectivity index (χ2n) is 3.94. The SMILES string of the molecule is CNCC(C)c1nc(-c2ccc(C)s2)cs1. The fraction of sp³-hybridized carbons (Fsp3) is 0.417. The summed E-state index contributed by atoms with van der Waals surface area (Å²) in [7, 11) is 1.98. The van der Waals surface area contributed by atoms with Crippen LogP contribution >= 0.6 is 22.7 Å². The zero-order chi connectivity index (χ0) is 11.5. The van der Waals surface area contributed by atoms with Crippen LogP contribution in [0.3, 0.4) is 0 Å². The van der Waals surface area contributed by atoms with Crippen LogP contribution in [0.4, 0.5) is 0 Å². The lowest BCUT2D eigenvalue weighted by Crippen LogP contribution is -2.14. The van der Waals surface area contributed by atoms with Crippen LogP contribution in [0.1, 0.15) is 22.7 Å². The standard InChI is InChI=1S/C12H16N2S2/c1-8(6-13-3)12-14-10(7-15-12)11-5-4-9(2)16-11/h4-5,7-8,13H,6H2,1-3H3. The molecule has 2 aromatic heterocycles. The molecular formula is C12H16N2S2. The summed E-state index contributed by atoms with van der Waals surface area (Å²) >= 11 is 3.57. The predicted molar refractivity (Wildman–Crippen MR) is 72.5 cm³/mol. The molecule has 86 valence electrons. The minimum atomic E-state index is 0.491. The number of aryl methyl sites for hydroxylation is 1. The topological polar surface area (TPSA) is 24.9 Å². The van der Waals surface area contributed by atoms with Crippen molar-refractivity contribution in [1.29, 1.82) is 0 Å². The molecule has 2 nitrogen and oxygen atoms in total. The van der Waals surface area contributed by atoms with Crippen molar-refractivity contribution in [2.45, 2.75) is 19.8 Å². The van der Waals surface area contributed by atoms with Crippen molar-refractivity contribution in [2.75, 3.05) is 13.6 Å². The zero-order valence-corrected chi connectivity index (χ0v) is 11.4. The Kier molecular flexibility index (Phi) is 3.74. The number of rotatable bonds is 4. The van der Waals surface area contributed by atoms with Crippen molar-refractivity contribution in [3.63, 3.8) is 0 Å². The van der Waals surface area contributed by atoms with Crippen LogP contribution in [0.25, 0.3) is 10.6 Å². The Morgan fingerprint density at radius 2 is 2.25 bits per heavy atom. The predicted octanol–water partition coefficient (Wildman–Crippen LogP) is 3.50. The van der Waals surface area contributed by atoms with Crippen LogP contribution in [0, 0.1) is 6.92 Å². The largest absolute Gasteiger partial charge is 0.319 e. The van der Waals surface area contributed by atoms with Crippen LogP contribution < -0.4 is 5.32 Å². The van der Waals surface area contributed by atoms with Crippen molar-refractivity contribution >= 4 is 22.7 Å². The molecule has 4 heteroatoms. The third-order valence-electron chi connectivity index (χ3n) is 2.45. The van der Waals surface area contributed by atoms with Gasteiger partial charge in [-0.05, 0) is 26.1 Å². The number of thiazole rings is 1. The van der Waals surface area contributed by atoms with Gasteiger partial charge in [-0.25, -0.2) is 4.98 Å². The van der Waals surface area contributed by atoms with Crippen LogP contribution in [0.5, 0.6) is 0 Å². The minimum absolute atomic E-state index is 0.491. The normalized spacial score (nSPS) is 12.9. The number of hydrogen-bond donors (Lipinski definition) is 1. The number of thiophene rings is 1. The van der Waals surface area contributed by atoms with Crippen LogP contribution in [0.15, 0.2) is 17.5 Å². The maximum atomic E-state index is 4.70. The molecule has 0 spiro atoms. The summed E-state index contributed by atoms with van der Waals surface area (Å²) in [4.78, 5) is 7.32. The van der Waals surface area contributed by atoms with Gasteiger partial charge in [-0.3, -0.25) is 0 Å². The lowest BCUT2D eigenvalue weighted by Gasteiger charge is -2.05. The third kappa shape index (κ3) is 2.51. The average molecular weight is 252 g/mol. The van der Waals surface area contributed by atoms with E-state index < -0.39 is 0 Å². The molecule has 1 N–H and O–H groups in total. The molecule has 0 bridgehead atoms. The van der Waals surface area contributed by atoms with Crippen molar-refractivity contribution in [1.82, 2.24) is 10.3 Å². The van der Waals surface area contributed by atoms with Gasteiger partial charge in [-0.15, -0.1) is 22.7 Å². The van der Waals surface area contributed by atoms with Gasteiger partial charge in [0.2, 0.25) is 0 Å². The Bertz CT molecular complexity index is 459. The van der Waals surface area contributed by atoms with Gasteiger partial charge in [0.1, 0.15) is 0 Å². The first-order valence-electron chi connectivity index (χ1n) is 5.37. The van der Waals surface area contributed by atoms with E-state index in [-0.39, 0.29) is 0 Å². The number of likely N-dealkylation sites (N-methyl/N-ethyl adjacent to an activating group) is 1. The molecule has 0 saturated heterocycles. The number of hydrogen-bond acceptors (Lipinski definition) is 4. The summed E-state index contributed by atoms with van der Waals surface area (Å²) in [6.45, 7) is 5.32. The monoisotopic (exact) mass is 252 g/mol. The molecule has 0 amide bonds. The maximum absolute atomic E-state index is 4.70. The van der Waals surface area contributed by atoms with Gasteiger partial charge in [-0.1, -0.05) is 6.92 Å². The Hall–Kier alpha value is -0.710. The molecule has 16 heavy (non-hydrogen) atoms. The molecule has 1 atom stereocenters. The number of aromatic nitrogens is 1. The average Bonchev–Trinajstić information content (AvgIpc) is 2.85. The molecule has 1 unspecified atom stereocenters. The fourth-order valence-electron chi connectivity index (χ4n) is 1.59. The maximum Gasteiger partial charge on any atom is 0.0973 e. The summed E-state index contributed by atoms with van der Waals surface area (Å²) in [5, 5.41) is 6.57. The highest BCUT2D eigenvalue weighted by atomic mass is 32.1. The van der Waals surface area contributed by atoms with Crippen molar-refractivity contribution in [3.8, 4) is 10.6 Å². The van der Waals surface area contributed by atoms with Gasteiger partial charge in [0.15, 0.2) is 0 Å². The molecule has 2 heterocycles. The van der Waals surface area contributed by atoms with Gasteiger partial charge in [0, 0.05) is 22.7 Å². The lowest BCUT2D eigenvalue weighted by molar-refractivity contribution is 0.674. The van der Waals surface area contributed by atoms with E-state index in [0.29, 0.717) is 5.92 Å². The number of nitrogens with zero attached hydrogens (tertiary/aromatic N) is 1. The zero-order valence-electron chi connectivity index (χ0n) is 9.78. The lowest BCUT2D eigenvalue weighted by atomic mass is 10.2. The summed E-state index contributed by atoms with van der Waals surface area (Å²) in [5.41, 5.74) is 1.13. The Morgan fingerprint density at radius 1 is 1.44 bits per heavy atom. The highest BCUT2D eigenvalue weighted by Crippen LogP contribution is 2.30. The van der Waals surface area contributed by atoms with E-state index in [1.165, 1.54) is 14.8 Å². The second-order valence-corrected chi connectivity index (χ2v) is 6.12. The van der Waals surface area contributed by atoms with E-state index in [9.17, 15) is 0 Å². The van der Waals surface area contributed by atoms with E-state index in [1.807, 2.05) is 18.4 Å². The van der Waals surface area contributed by atoms with Gasteiger partial charge < -0.3 is 5.32 Å². The first-order valence-corrected chi connectivity index (χ1v) is 7.07. The first-order chi connectivity index (χ1) is 7.70. The Balaban J connectivity index is 2.19. The summed E-state index contributed by atoms with van der Waals surface area (Å²) < 4.78 is 0. The van der Waals surface area contributed by atoms with Gasteiger partial charge in [-0.2, -0.15) is 0 Å². The fourth-order valence-corrected chi connectivity index (χ4v) is 3.37. The van der Waals surface area contributed by atoms with Crippen LogP contribution in [-0.4, -0.2) is 18.6 Å². The van der Waals surface area contributed by atoms with Gasteiger partial charge >= 0.3 is 0 Å². The summed E-state index contributed by atoms with van der Waals surface area (Å²) in [6.07, 6.45) is 0. The second kappa shape index (κ2) is 5.08. The highest BCUT2D eigenvalue weighted by molar-refractivity contribution is 7.16. The molecule has 2 aromatic rings.